The number of carbonyl (C=O) groups excluding carboxylic acids is 1. The Hall–Kier alpha value is -3.21. The quantitative estimate of drug-likeness (QED) is 0.378. The second kappa shape index (κ2) is 10.4. The number of halogens is 3. The van der Waals surface area contributed by atoms with E-state index in [2.05, 4.69) is 34.5 Å². The third-order valence-corrected chi connectivity index (χ3v) is 5.79. The average Bonchev–Trinajstić information content (AvgIpc) is 3.35. The number of rotatable bonds is 10. The van der Waals surface area contributed by atoms with Gasteiger partial charge in [0.05, 0.1) is 6.42 Å². The predicted molar refractivity (Wildman–Crippen MR) is 126 cm³/mol. The minimum atomic E-state index is -4.56. The molecule has 0 bridgehead atoms. The number of carbonyl (C=O) groups is 1. The second-order valence-corrected chi connectivity index (χ2v) is 9.74. The Bertz CT molecular complexity index is 1210. The van der Waals surface area contributed by atoms with Crippen molar-refractivity contribution < 1.29 is 27.2 Å². The molecule has 3 aromatic rings. The molecule has 0 saturated heterocycles. The lowest BCUT2D eigenvalue weighted by Crippen LogP contribution is -2.25. The van der Waals surface area contributed by atoms with E-state index in [1.807, 2.05) is 26.0 Å². The van der Waals surface area contributed by atoms with Gasteiger partial charge in [-0.3, -0.25) is 4.79 Å². The third kappa shape index (κ3) is 6.51. The van der Waals surface area contributed by atoms with E-state index in [9.17, 15) is 18.0 Å². The lowest BCUT2D eigenvalue weighted by atomic mass is 10.1. The van der Waals surface area contributed by atoms with Crippen LogP contribution in [0.1, 0.15) is 68.0 Å². The summed E-state index contributed by atoms with van der Waals surface area (Å²) in [6.07, 6.45) is -3.85. The number of ether oxygens (including phenoxy) is 1. The maximum absolute atomic E-state index is 13.1. The van der Waals surface area contributed by atoms with Crippen LogP contribution < -0.4 is 5.32 Å². The van der Waals surface area contributed by atoms with Crippen LogP contribution in [0.3, 0.4) is 0 Å². The molecule has 194 valence electrons. The summed E-state index contributed by atoms with van der Waals surface area (Å²) >= 11 is 0. The minimum Gasteiger partial charge on any atom is -0.361 e. The van der Waals surface area contributed by atoms with Gasteiger partial charge in [0, 0.05) is 24.2 Å². The van der Waals surface area contributed by atoms with E-state index in [1.54, 1.807) is 16.7 Å². The maximum Gasteiger partial charge on any atom is 0.411 e. The SMILES string of the molecule is Cc1ccc(NC(=O)C[C@H](OCC(F)(F)F)c2nnc(-c3cc(CC(C)C)on3)n2C2CC2)c(C)c1. The van der Waals surface area contributed by atoms with Crippen molar-refractivity contribution >= 4 is 11.6 Å². The number of benzene rings is 1. The Morgan fingerprint density at radius 1 is 1.22 bits per heavy atom. The van der Waals surface area contributed by atoms with Gasteiger partial charge in [-0.05, 0) is 44.2 Å². The molecular formula is C25H30F3N5O3. The number of aromatic nitrogens is 4. The van der Waals surface area contributed by atoms with Gasteiger partial charge in [-0.2, -0.15) is 13.2 Å². The standard InChI is InChI=1S/C25H30F3N5O3/c1-14(2)9-18-11-20(32-36-18)23-30-31-24(33(23)17-6-7-17)21(35-13-25(26,27)28)12-22(34)29-19-8-5-15(3)10-16(19)4/h5,8,10-11,14,17,21H,6-7,9,12-13H2,1-4H3,(H,29,34)/t21-/m0/s1. The maximum atomic E-state index is 13.1. The molecule has 2 heterocycles. The first-order valence-electron chi connectivity index (χ1n) is 12.0. The van der Waals surface area contributed by atoms with E-state index in [1.165, 1.54) is 0 Å². The van der Waals surface area contributed by atoms with Crippen LogP contribution in [0.2, 0.25) is 0 Å². The van der Waals surface area contributed by atoms with Gasteiger partial charge in [0.15, 0.2) is 17.3 Å². The Morgan fingerprint density at radius 3 is 2.61 bits per heavy atom. The molecular weight excluding hydrogens is 475 g/mol. The molecule has 11 heteroatoms. The molecule has 1 aliphatic rings. The number of hydrogen-bond acceptors (Lipinski definition) is 6. The van der Waals surface area contributed by atoms with Crippen LogP contribution in [0.4, 0.5) is 18.9 Å². The molecule has 1 aliphatic carbocycles. The van der Waals surface area contributed by atoms with Gasteiger partial charge >= 0.3 is 6.18 Å². The Morgan fingerprint density at radius 2 is 1.97 bits per heavy atom. The van der Waals surface area contributed by atoms with Crippen LogP contribution in [-0.2, 0) is 16.0 Å². The van der Waals surface area contributed by atoms with Crippen molar-refractivity contribution in [2.45, 2.75) is 71.7 Å². The molecule has 1 N–H and O–H groups in total. The van der Waals surface area contributed by atoms with E-state index >= 15 is 0 Å². The summed E-state index contributed by atoms with van der Waals surface area (Å²) in [5, 5.41) is 15.3. The number of nitrogens with one attached hydrogen (secondary N) is 1. The number of aryl methyl sites for hydroxylation is 2. The van der Waals surface area contributed by atoms with Crippen LogP contribution in [-0.4, -0.2) is 38.6 Å². The summed E-state index contributed by atoms with van der Waals surface area (Å²) in [6, 6.07) is 7.29. The summed E-state index contributed by atoms with van der Waals surface area (Å²) in [7, 11) is 0. The molecule has 0 unspecified atom stereocenters. The summed E-state index contributed by atoms with van der Waals surface area (Å²) in [6.45, 7) is 6.38. The molecule has 2 aromatic heterocycles. The fourth-order valence-electron chi connectivity index (χ4n) is 4.05. The predicted octanol–water partition coefficient (Wildman–Crippen LogP) is 5.73. The highest BCUT2D eigenvalue weighted by molar-refractivity contribution is 5.91. The van der Waals surface area contributed by atoms with E-state index < -0.39 is 24.8 Å². The highest BCUT2D eigenvalue weighted by Gasteiger charge is 2.37. The molecule has 1 saturated carbocycles. The van der Waals surface area contributed by atoms with Crippen LogP contribution in [0.5, 0.6) is 0 Å². The first-order valence-corrected chi connectivity index (χ1v) is 12.0. The molecule has 36 heavy (non-hydrogen) atoms. The van der Waals surface area contributed by atoms with E-state index in [0.29, 0.717) is 35.3 Å². The van der Waals surface area contributed by atoms with E-state index in [0.717, 1.165) is 24.0 Å². The Kier molecular flexibility index (Phi) is 7.49. The Labute approximate surface area is 207 Å². The van der Waals surface area contributed by atoms with Gasteiger partial charge in [0.25, 0.3) is 0 Å². The van der Waals surface area contributed by atoms with Gasteiger partial charge in [-0.1, -0.05) is 36.7 Å². The summed E-state index contributed by atoms with van der Waals surface area (Å²) in [4.78, 5) is 12.9. The number of alkyl halides is 3. The van der Waals surface area contributed by atoms with Crippen molar-refractivity contribution in [2.75, 3.05) is 11.9 Å². The Balaban J connectivity index is 1.61. The fourth-order valence-corrected chi connectivity index (χ4v) is 4.05. The molecule has 8 nitrogen and oxygen atoms in total. The minimum absolute atomic E-state index is 0.00496. The molecule has 0 aliphatic heterocycles. The molecule has 0 radical (unpaired) electrons. The number of hydrogen-bond donors (Lipinski definition) is 1. The normalized spacial score (nSPS) is 14.9. The van der Waals surface area contributed by atoms with Crippen molar-refractivity contribution in [3.05, 3.63) is 47.0 Å². The topological polar surface area (TPSA) is 95.1 Å². The van der Waals surface area contributed by atoms with Crippen molar-refractivity contribution in [1.82, 2.24) is 19.9 Å². The number of amides is 1. The van der Waals surface area contributed by atoms with Gasteiger partial charge < -0.3 is 19.1 Å². The summed E-state index contributed by atoms with van der Waals surface area (Å²) in [5.74, 6) is 1.12. The zero-order chi connectivity index (χ0) is 26.0. The third-order valence-electron chi connectivity index (χ3n) is 5.79. The van der Waals surface area contributed by atoms with Crippen molar-refractivity contribution in [3.8, 4) is 11.5 Å². The lowest BCUT2D eigenvalue weighted by molar-refractivity contribution is -0.188. The first-order chi connectivity index (χ1) is 17.0. The lowest BCUT2D eigenvalue weighted by Gasteiger charge is -2.20. The zero-order valence-electron chi connectivity index (χ0n) is 20.7. The van der Waals surface area contributed by atoms with E-state index in [-0.39, 0.29) is 18.3 Å². The average molecular weight is 506 g/mol. The molecule has 0 spiro atoms. The summed E-state index contributed by atoms with van der Waals surface area (Å²) in [5.41, 5.74) is 2.92. The van der Waals surface area contributed by atoms with Gasteiger partial charge in [0.1, 0.15) is 18.5 Å². The number of nitrogens with zero attached hydrogens (tertiary/aromatic N) is 4. The van der Waals surface area contributed by atoms with Crippen molar-refractivity contribution in [3.63, 3.8) is 0 Å². The molecule has 1 fully saturated rings. The highest BCUT2D eigenvalue weighted by Crippen LogP contribution is 2.41. The highest BCUT2D eigenvalue weighted by atomic mass is 19.4. The smallest absolute Gasteiger partial charge is 0.361 e. The largest absolute Gasteiger partial charge is 0.411 e. The van der Waals surface area contributed by atoms with Gasteiger partial charge in [-0.15, -0.1) is 10.2 Å². The van der Waals surface area contributed by atoms with Crippen molar-refractivity contribution in [2.24, 2.45) is 5.92 Å². The van der Waals surface area contributed by atoms with Crippen LogP contribution in [0.25, 0.3) is 11.5 Å². The van der Waals surface area contributed by atoms with Crippen molar-refractivity contribution in [1.29, 1.82) is 0 Å². The monoisotopic (exact) mass is 505 g/mol. The fraction of sp³-hybridized carbons (Fsp3) is 0.520. The molecule has 1 atom stereocenters. The summed E-state index contributed by atoms with van der Waals surface area (Å²) < 4.78 is 51.6. The molecule has 1 aromatic carbocycles. The van der Waals surface area contributed by atoms with E-state index in [4.69, 9.17) is 9.26 Å². The molecule has 1 amide bonds. The van der Waals surface area contributed by atoms with Gasteiger partial charge in [0.2, 0.25) is 5.91 Å². The van der Waals surface area contributed by atoms with Gasteiger partial charge in [-0.25, -0.2) is 0 Å². The first kappa shape index (κ1) is 25.9. The number of anilines is 1. The van der Waals surface area contributed by atoms with Crippen LogP contribution in [0, 0.1) is 19.8 Å². The second-order valence-electron chi connectivity index (χ2n) is 9.74. The van der Waals surface area contributed by atoms with Crippen LogP contribution >= 0.6 is 0 Å². The zero-order valence-corrected chi connectivity index (χ0v) is 20.7. The molecule has 4 rings (SSSR count). The van der Waals surface area contributed by atoms with Crippen LogP contribution in [0.15, 0.2) is 28.8 Å².